The van der Waals surface area contributed by atoms with Gasteiger partial charge >= 0.3 is 5.97 Å². The van der Waals surface area contributed by atoms with Crippen LogP contribution in [0.25, 0.3) is 0 Å². The number of amides is 2. The lowest BCUT2D eigenvalue weighted by molar-refractivity contribution is -0.162. The van der Waals surface area contributed by atoms with Gasteiger partial charge in [-0.2, -0.15) is 0 Å². The quantitative estimate of drug-likeness (QED) is 0.463. The van der Waals surface area contributed by atoms with Gasteiger partial charge in [-0.1, -0.05) is 58.0 Å². The zero-order valence-electron chi connectivity index (χ0n) is 24.7. The average Bonchev–Trinajstić information content (AvgIpc) is 3.33. The van der Waals surface area contributed by atoms with E-state index < -0.39 is 46.6 Å². The molecule has 8 heteroatoms. The molecule has 0 radical (unpaired) electrons. The summed E-state index contributed by atoms with van der Waals surface area (Å²) < 4.78 is 12.2. The number of carbonyl (C=O) groups is 3. The SMILES string of the molecule is CCOC(=O)[C@@H]1[C@H]2C(=O)N([C@@H](CO)Cc3ccccc3)C(C(=O)NC(C)(C)CC(C)(C)C)C23CC(C)[C@@]1(C)O3. The summed E-state index contributed by atoms with van der Waals surface area (Å²) >= 11 is 0. The highest BCUT2D eigenvalue weighted by Crippen LogP contribution is 2.65. The maximum absolute atomic E-state index is 14.4. The zero-order chi connectivity index (χ0) is 29.0. The maximum atomic E-state index is 14.4. The van der Waals surface area contributed by atoms with E-state index in [2.05, 4.69) is 26.1 Å². The number of ether oxygens (including phenoxy) is 2. The second-order valence-corrected chi connectivity index (χ2v) is 13.8. The summed E-state index contributed by atoms with van der Waals surface area (Å²) in [5, 5.41) is 13.8. The number of aliphatic hydroxyl groups excluding tert-OH is 1. The standard InChI is InChI=1S/C31H46N2O6/c1-9-38-27(37)23-22-26(36)33(21(17-34)15-20-13-11-10-12-14-20)24(31(22)16-19(2)30(23,8)39-31)25(35)32-29(6,7)18-28(3,4)5/h10-14,19,21-24,34H,9,15-18H2,1-8H3,(H,32,35)/t19?,21-,22+,23+,24?,30-,31?/m1/s1. The van der Waals surface area contributed by atoms with Crippen LogP contribution in [0.1, 0.15) is 73.8 Å². The molecule has 7 atom stereocenters. The van der Waals surface area contributed by atoms with Crippen molar-refractivity contribution < 1.29 is 29.0 Å². The lowest BCUT2D eigenvalue weighted by Crippen LogP contribution is -2.61. The minimum Gasteiger partial charge on any atom is -0.466 e. The van der Waals surface area contributed by atoms with E-state index in [1.807, 2.05) is 58.0 Å². The van der Waals surface area contributed by atoms with Crippen molar-refractivity contribution in [2.45, 2.75) is 103 Å². The molecule has 8 nitrogen and oxygen atoms in total. The van der Waals surface area contributed by atoms with Crippen molar-refractivity contribution in [3.05, 3.63) is 35.9 Å². The van der Waals surface area contributed by atoms with Crippen LogP contribution in [0.5, 0.6) is 0 Å². The Balaban J connectivity index is 1.80. The Bertz CT molecular complexity index is 1100. The number of hydrogen-bond donors (Lipinski definition) is 2. The molecule has 4 rings (SSSR count). The van der Waals surface area contributed by atoms with E-state index in [9.17, 15) is 19.5 Å². The molecule has 2 N–H and O–H groups in total. The van der Waals surface area contributed by atoms with Crippen LogP contribution in [0.15, 0.2) is 30.3 Å². The highest BCUT2D eigenvalue weighted by molar-refractivity contribution is 5.99. The van der Waals surface area contributed by atoms with Crippen LogP contribution in [-0.4, -0.2) is 69.8 Å². The van der Waals surface area contributed by atoms with E-state index in [-0.39, 0.29) is 36.4 Å². The molecule has 3 fully saturated rings. The first-order valence-electron chi connectivity index (χ1n) is 14.3. The summed E-state index contributed by atoms with van der Waals surface area (Å²) in [6.07, 6.45) is 1.56. The molecule has 216 valence electrons. The van der Waals surface area contributed by atoms with Gasteiger partial charge in [0, 0.05) is 5.54 Å². The number of hydrogen-bond acceptors (Lipinski definition) is 6. The van der Waals surface area contributed by atoms with Gasteiger partial charge in [0.15, 0.2) is 0 Å². The Labute approximate surface area is 232 Å². The first-order valence-corrected chi connectivity index (χ1v) is 14.3. The smallest absolute Gasteiger partial charge is 0.312 e. The minimum atomic E-state index is -1.19. The molecule has 3 aliphatic heterocycles. The molecule has 3 aliphatic rings. The lowest BCUT2D eigenvalue weighted by Gasteiger charge is -2.40. The zero-order valence-corrected chi connectivity index (χ0v) is 24.7. The van der Waals surface area contributed by atoms with E-state index in [1.54, 1.807) is 6.92 Å². The second kappa shape index (κ2) is 10.2. The minimum absolute atomic E-state index is 0.0387. The summed E-state index contributed by atoms with van der Waals surface area (Å²) in [5.41, 5.74) is -1.76. The Hall–Kier alpha value is -2.45. The predicted molar refractivity (Wildman–Crippen MR) is 148 cm³/mol. The van der Waals surface area contributed by atoms with Gasteiger partial charge in [-0.25, -0.2) is 0 Å². The highest BCUT2D eigenvalue weighted by atomic mass is 16.6. The summed E-state index contributed by atoms with van der Waals surface area (Å²) in [7, 11) is 0. The van der Waals surface area contributed by atoms with Crippen molar-refractivity contribution in [1.29, 1.82) is 0 Å². The largest absolute Gasteiger partial charge is 0.466 e. The molecule has 0 aromatic heterocycles. The summed E-state index contributed by atoms with van der Waals surface area (Å²) in [6.45, 7) is 15.8. The molecule has 3 unspecified atom stereocenters. The van der Waals surface area contributed by atoms with Gasteiger partial charge in [0.2, 0.25) is 11.8 Å². The van der Waals surface area contributed by atoms with Crippen LogP contribution < -0.4 is 5.32 Å². The van der Waals surface area contributed by atoms with Gasteiger partial charge in [-0.15, -0.1) is 0 Å². The monoisotopic (exact) mass is 542 g/mol. The van der Waals surface area contributed by atoms with E-state index >= 15 is 0 Å². The van der Waals surface area contributed by atoms with Crippen molar-refractivity contribution >= 4 is 17.8 Å². The van der Waals surface area contributed by atoms with Crippen molar-refractivity contribution in [3.8, 4) is 0 Å². The number of nitrogens with zero attached hydrogens (tertiary/aromatic N) is 1. The van der Waals surface area contributed by atoms with Crippen LogP contribution in [0.3, 0.4) is 0 Å². The summed E-state index contributed by atoms with van der Waals surface area (Å²) in [6, 6.07) is 7.97. The van der Waals surface area contributed by atoms with Crippen LogP contribution in [0.4, 0.5) is 0 Å². The molecule has 0 aliphatic carbocycles. The molecule has 0 saturated carbocycles. The lowest BCUT2D eigenvalue weighted by atomic mass is 9.62. The fourth-order valence-electron chi connectivity index (χ4n) is 7.87. The summed E-state index contributed by atoms with van der Waals surface area (Å²) in [4.78, 5) is 43.6. The number of likely N-dealkylation sites (tertiary alicyclic amines) is 1. The average molecular weight is 543 g/mol. The van der Waals surface area contributed by atoms with Crippen LogP contribution >= 0.6 is 0 Å². The molecule has 2 amide bonds. The molecule has 3 heterocycles. The molecule has 39 heavy (non-hydrogen) atoms. The van der Waals surface area contributed by atoms with Gasteiger partial charge in [-0.3, -0.25) is 14.4 Å². The third-order valence-electron chi connectivity index (χ3n) is 8.89. The first kappa shape index (κ1) is 29.5. The topological polar surface area (TPSA) is 105 Å². The van der Waals surface area contributed by atoms with Gasteiger partial charge in [0.1, 0.15) is 17.6 Å². The van der Waals surface area contributed by atoms with Crippen molar-refractivity contribution in [2.24, 2.45) is 23.2 Å². The van der Waals surface area contributed by atoms with Crippen molar-refractivity contribution in [2.75, 3.05) is 13.2 Å². The van der Waals surface area contributed by atoms with Gasteiger partial charge < -0.3 is 24.8 Å². The van der Waals surface area contributed by atoms with Gasteiger partial charge in [-0.05, 0) is 63.9 Å². The molecule has 1 aromatic rings. The molecule has 2 bridgehead atoms. The van der Waals surface area contributed by atoms with Crippen molar-refractivity contribution in [3.63, 3.8) is 0 Å². The van der Waals surface area contributed by atoms with E-state index in [0.717, 1.165) is 12.0 Å². The number of carbonyl (C=O) groups excluding carboxylic acids is 3. The van der Waals surface area contributed by atoms with E-state index in [0.29, 0.717) is 12.8 Å². The first-order chi connectivity index (χ1) is 18.1. The Morgan fingerprint density at radius 1 is 1.21 bits per heavy atom. The second-order valence-electron chi connectivity index (χ2n) is 13.8. The third-order valence-corrected chi connectivity index (χ3v) is 8.89. The number of fused-ring (bicyclic) bond motifs is 1. The number of benzene rings is 1. The predicted octanol–water partition coefficient (Wildman–Crippen LogP) is 3.49. The summed E-state index contributed by atoms with van der Waals surface area (Å²) in [5.74, 6) is -2.86. The Morgan fingerprint density at radius 3 is 2.41 bits per heavy atom. The Kier molecular flexibility index (Phi) is 7.71. The Morgan fingerprint density at radius 2 is 1.85 bits per heavy atom. The van der Waals surface area contributed by atoms with Gasteiger partial charge in [0.05, 0.1) is 30.8 Å². The fourth-order valence-corrected chi connectivity index (χ4v) is 7.87. The third kappa shape index (κ3) is 5.10. The fraction of sp³-hybridized carbons (Fsp3) is 0.710. The van der Waals surface area contributed by atoms with Crippen LogP contribution in [0, 0.1) is 23.2 Å². The molecular weight excluding hydrogens is 496 g/mol. The highest BCUT2D eigenvalue weighted by Gasteiger charge is 2.80. The molecule has 3 saturated heterocycles. The van der Waals surface area contributed by atoms with E-state index in [1.165, 1.54) is 4.90 Å². The molecular formula is C31H46N2O6. The number of rotatable bonds is 9. The van der Waals surface area contributed by atoms with E-state index in [4.69, 9.17) is 9.47 Å². The van der Waals surface area contributed by atoms with Crippen LogP contribution in [-0.2, 0) is 30.3 Å². The normalized spacial score (nSPS) is 32.7. The molecule has 1 spiro atoms. The number of esters is 1. The maximum Gasteiger partial charge on any atom is 0.312 e. The number of aliphatic hydroxyl groups is 1. The number of nitrogens with one attached hydrogen (secondary N) is 1. The van der Waals surface area contributed by atoms with Crippen LogP contribution in [0.2, 0.25) is 0 Å². The van der Waals surface area contributed by atoms with Crippen molar-refractivity contribution in [1.82, 2.24) is 10.2 Å². The molecule has 1 aromatic carbocycles. The van der Waals surface area contributed by atoms with Gasteiger partial charge in [0.25, 0.3) is 0 Å².